The van der Waals surface area contributed by atoms with E-state index in [1.807, 2.05) is 0 Å². The molecule has 0 aromatic heterocycles. The van der Waals surface area contributed by atoms with Crippen LogP contribution in [0.2, 0.25) is 0 Å². The number of sulfone groups is 1. The maximum Gasteiger partial charge on any atom is 0.273 e. The number of nitrogens with one attached hydrogen (secondary N) is 1. The Bertz CT molecular complexity index is 514. The predicted octanol–water partition coefficient (Wildman–Crippen LogP) is 1.12. The van der Waals surface area contributed by atoms with E-state index in [9.17, 15) is 18.5 Å². The first kappa shape index (κ1) is 14.6. The van der Waals surface area contributed by atoms with Crippen LogP contribution in [0.25, 0.3) is 0 Å². The number of benzene rings is 1. The van der Waals surface area contributed by atoms with Crippen molar-refractivity contribution < 1.29 is 13.3 Å². The zero-order chi connectivity index (χ0) is 13.6. The van der Waals surface area contributed by atoms with Gasteiger partial charge in [0.05, 0.1) is 10.7 Å². The Hall–Kier alpha value is -1.47. The van der Waals surface area contributed by atoms with Crippen LogP contribution in [-0.4, -0.2) is 31.9 Å². The molecule has 0 heterocycles. The normalized spacial score (nSPS) is 11.4. The third-order valence-electron chi connectivity index (χ3n) is 2.37. The molecule has 1 aromatic carbocycles. The largest absolute Gasteiger partial charge is 0.312 e. The highest BCUT2D eigenvalue weighted by Crippen LogP contribution is 2.16. The zero-order valence-corrected chi connectivity index (χ0v) is 10.9. The van der Waals surface area contributed by atoms with E-state index in [1.165, 1.54) is 12.3 Å². The van der Waals surface area contributed by atoms with Gasteiger partial charge in [0.1, 0.15) is 9.84 Å². The fraction of sp³-hybridized carbons (Fsp3) is 0.455. The summed E-state index contributed by atoms with van der Waals surface area (Å²) in [4.78, 5) is 10.3. The second kappa shape index (κ2) is 6.46. The van der Waals surface area contributed by atoms with Gasteiger partial charge in [-0.15, -0.1) is 0 Å². The van der Waals surface area contributed by atoms with Gasteiger partial charge < -0.3 is 5.32 Å². The molecule has 1 rings (SSSR count). The van der Waals surface area contributed by atoms with Crippen LogP contribution < -0.4 is 5.32 Å². The van der Waals surface area contributed by atoms with Crippen molar-refractivity contribution in [2.24, 2.45) is 0 Å². The summed E-state index contributed by atoms with van der Waals surface area (Å²) < 4.78 is 21.8. The number of nitrogens with zero attached hydrogens (tertiary/aromatic N) is 1. The van der Waals surface area contributed by atoms with Crippen molar-refractivity contribution in [2.75, 3.05) is 18.6 Å². The molecule has 0 aliphatic heterocycles. The van der Waals surface area contributed by atoms with Crippen LogP contribution in [0.1, 0.15) is 12.0 Å². The molecular formula is C11H16N2O4S. The summed E-state index contributed by atoms with van der Waals surface area (Å²) in [5.74, 6) is 0.122. The molecule has 0 unspecified atom stereocenters. The molecule has 0 bridgehead atoms. The molecule has 0 spiro atoms. The fourth-order valence-corrected chi connectivity index (χ4v) is 2.19. The van der Waals surface area contributed by atoms with Crippen LogP contribution in [0.5, 0.6) is 0 Å². The van der Waals surface area contributed by atoms with Crippen LogP contribution in [0.4, 0.5) is 5.69 Å². The van der Waals surface area contributed by atoms with Gasteiger partial charge in [-0.3, -0.25) is 10.1 Å². The van der Waals surface area contributed by atoms with Crippen molar-refractivity contribution in [3.05, 3.63) is 39.9 Å². The lowest BCUT2D eigenvalue weighted by atomic mass is 10.2. The van der Waals surface area contributed by atoms with Gasteiger partial charge >= 0.3 is 0 Å². The van der Waals surface area contributed by atoms with Crippen LogP contribution in [0, 0.1) is 10.1 Å². The van der Waals surface area contributed by atoms with Gasteiger partial charge in [-0.2, -0.15) is 0 Å². The maximum atomic E-state index is 10.9. The monoisotopic (exact) mass is 272 g/mol. The number of rotatable bonds is 7. The minimum atomic E-state index is -2.94. The molecule has 0 saturated heterocycles. The molecule has 18 heavy (non-hydrogen) atoms. The number of nitro benzene ring substituents is 1. The Kier molecular flexibility index (Phi) is 5.24. The van der Waals surface area contributed by atoms with Crippen LogP contribution in [-0.2, 0) is 16.4 Å². The molecule has 0 atom stereocenters. The van der Waals surface area contributed by atoms with Gasteiger partial charge in [0.2, 0.25) is 0 Å². The molecule has 0 radical (unpaired) electrons. The lowest BCUT2D eigenvalue weighted by molar-refractivity contribution is -0.385. The van der Waals surface area contributed by atoms with E-state index in [-0.39, 0.29) is 11.4 Å². The van der Waals surface area contributed by atoms with Crippen LogP contribution >= 0.6 is 0 Å². The Balaban J connectivity index is 2.42. The molecule has 7 heteroatoms. The van der Waals surface area contributed by atoms with Gasteiger partial charge in [-0.1, -0.05) is 18.2 Å². The predicted molar refractivity (Wildman–Crippen MR) is 69.1 cm³/mol. The smallest absolute Gasteiger partial charge is 0.273 e. The third kappa shape index (κ3) is 5.24. The molecule has 0 saturated carbocycles. The van der Waals surface area contributed by atoms with Gasteiger partial charge in [-0.05, 0) is 13.0 Å². The molecule has 0 aliphatic rings. The van der Waals surface area contributed by atoms with Crippen molar-refractivity contribution in [3.63, 3.8) is 0 Å². The summed E-state index contributed by atoms with van der Waals surface area (Å²) in [7, 11) is -2.94. The number of nitro groups is 1. The summed E-state index contributed by atoms with van der Waals surface area (Å²) in [6.45, 7) is 0.875. The number of para-hydroxylation sites is 1. The third-order valence-corrected chi connectivity index (χ3v) is 3.40. The first-order valence-electron chi connectivity index (χ1n) is 5.51. The van der Waals surface area contributed by atoms with Crippen LogP contribution in [0.3, 0.4) is 0 Å². The quantitative estimate of drug-likeness (QED) is 0.456. The van der Waals surface area contributed by atoms with Gasteiger partial charge in [-0.25, -0.2) is 8.42 Å². The molecule has 100 valence electrons. The fourth-order valence-electron chi connectivity index (χ4n) is 1.52. The highest BCUT2D eigenvalue weighted by atomic mass is 32.2. The molecule has 1 N–H and O–H groups in total. The first-order valence-corrected chi connectivity index (χ1v) is 7.57. The van der Waals surface area contributed by atoms with Crippen molar-refractivity contribution >= 4 is 15.5 Å². The van der Waals surface area contributed by atoms with Gasteiger partial charge in [0.25, 0.3) is 5.69 Å². The van der Waals surface area contributed by atoms with E-state index in [0.717, 1.165) is 0 Å². The van der Waals surface area contributed by atoms with Crippen molar-refractivity contribution in [1.82, 2.24) is 5.32 Å². The maximum absolute atomic E-state index is 10.9. The standard InChI is InChI=1S/C11H16N2O4S/c1-18(16,17)8-4-7-12-9-10-5-2-3-6-11(10)13(14)15/h2-3,5-6,12H,4,7-9H2,1H3. The Morgan fingerprint density at radius 3 is 2.61 bits per heavy atom. The second-order valence-corrected chi connectivity index (χ2v) is 6.31. The van der Waals surface area contributed by atoms with Crippen molar-refractivity contribution in [1.29, 1.82) is 0 Å². The summed E-state index contributed by atoms with van der Waals surface area (Å²) in [5, 5.41) is 13.7. The summed E-state index contributed by atoms with van der Waals surface area (Å²) in [6, 6.07) is 6.49. The lowest BCUT2D eigenvalue weighted by Gasteiger charge is -2.05. The molecule has 6 nitrogen and oxygen atoms in total. The highest BCUT2D eigenvalue weighted by molar-refractivity contribution is 7.90. The average Bonchev–Trinajstić information content (AvgIpc) is 2.27. The molecule has 1 aromatic rings. The van der Waals surface area contributed by atoms with E-state index in [1.54, 1.807) is 18.2 Å². The van der Waals surface area contributed by atoms with E-state index in [4.69, 9.17) is 0 Å². The summed E-state index contributed by atoms with van der Waals surface area (Å²) in [5.41, 5.74) is 0.676. The molecule has 0 amide bonds. The van der Waals surface area contributed by atoms with Crippen LogP contribution in [0.15, 0.2) is 24.3 Å². The topological polar surface area (TPSA) is 89.3 Å². The minimum Gasteiger partial charge on any atom is -0.312 e. The zero-order valence-electron chi connectivity index (χ0n) is 10.1. The molecule has 0 aliphatic carbocycles. The second-order valence-electron chi connectivity index (χ2n) is 4.05. The highest BCUT2D eigenvalue weighted by Gasteiger charge is 2.11. The van der Waals surface area contributed by atoms with Gasteiger partial charge in [0.15, 0.2) is 0 Å². The van der Waals surface area contributed by atoms with E-state index in [2.05, 4.69) is 5.32 Å². The Morgan fingerprint density at radius 1 is 1.33 bits per heavy atom. The van der Waals surface area contributed by atoms with Crippen molar-refractivity contribution in [2.45, 2.75) is 13.0 Å². The summed E-state index contributed by atoms with van der Waals surface area (Å²) in [6.07, 6.45) is 1.69. The Morgan fingerprint density at radius 2 is 2.00 bits per heavy atom. The van der Waals surface area contributed by atoms with E-state index in [0.29, 0.717) is 25.1 Å². The number of hydrogen-bond acceptors (Lipinski definition) is 5. The number of hydrogen-bond donors (Lipinski definition) is 1. The summed E-state index contributed by atoms with van der Waals surface area (Å²) >= 11 is 0. The Labute approximate surface area is 106 Å². The van der Waals surface area contributed by atoms with E-state index >= 15 is 0 Å². The SMILES string of the molecule is CS(=O)(=O)CCCNCc1ccccc1[N+](=O)[O-]. The lowest BCUT2D eigenvalue weighted by Crippen LogP contribution is -2.18. The molecule has 0 fully saturated rings. The van der Waals surface area contributed by atoms with Crippen molar-refractivity contribution in [3.8, 4) is 0 Å². The minimum absolute atomic E-state index is 0.0770. The first-order chi connectivity index (χ1) is 8.40. The van der Waals surface area contributed by atoms with E-state index < -0.39 is 14.8 Å². The average molecular weight is 272 g/mol. The van der Waals surface area contributed by atoms with Gasteiger partial charge in [0, 0.05) is 24.4 Å². The molecular weight excluding hydrogens is 256 g/mol.